The lowest BCUT2D eigenvalue weighted by Crippen LogP contribution is -2.57. The Labute approximate surface area is 176 Å². The van der Waals surface area contributed by atoms with Crippen LogP contribution in [-0.2, 0) is 9.84 Å². The standard InChI is InChI=1S/C17H35N5O2S.HI/c1-5-18-16(22-13-14-25(23,24)17(2,3)15-22)19-7-10-21-9-6-8-20(4)11-12-21;/h5-15H2,1-4H3,(H,18,19);1H. The summed E-state index contributed by atoms with van der Waals surface area (Å²) in [5.74, 6) is 1.04. The van der Waals surface area contributed by atoms with E-state index in [1.807, 2.05) is 20.8 Å². The van der Waals surface area contributed by atoms with Crippen LogP contribution in [0.5, 0.6) is 0 Å². The number of hydrogen-bond donors (Lipinski definition) is 1. The van der Waals surface area contributed by atoms with Crippen molar-refractivity contribution in [2.75, 3.05) is 71.7 Å². The van der Waals surface area contributed by atoms with Gasteiger partial charge in [-0.2, -0.15) is 0 Å². The fraction of sp³-hybridized carbons (Fsp3) is 0.941. The summed E-state index contributed by atoms with van der Waals surface area (Å²) in [6.07, 6.45) is 1.21. The van der Waals surface area contributed by atoms with Crippen LogP contribution >= 0.6 is 24.0 Å². The fourth-order valence-electron chi connectivity index (χ4n) is 3.37. The number of rotatable bonds is 4. The van der Waals surface area contributed by atoms with Crippen LogP contribution < -0.4 is 5.32 Å². The average molecular weight is 501 g/mol. The van der Waals surface area contributed by atoms with Gasteiger partial charge < -0.3 is 20.0 Å². The molecule has 0 aromatic carbocycles. The van der Waals surface area contributed by atoms with E-state index in [1.54, 1.807) is 0 Å². The van der Waals surface area contributed by atoms with Crippen molar-refractivity contribution in [3.05, 3.63) is 0 Å². The molecular formula is C17H36IN5O2S. The van der Waals surface area contributed by atoms with Gasteiger partial charge in [0, 0.05) is 39.3 Å². The summed E-state index contributed by atoms with van der Waals surface area (Å²) < 4.78 is 23.7. The average Bonchev–Trinajstić information content (AvgIpc) is 2.74. The number of nitrogens with zero attached hydrogens (tertiary/aromatic N) is 4. The smallest absolute Gasteiger partial charge is 0.194 e. The molecule has 26 heavy (non-hydrogen) atoms. The van der Waals surface area contributed by atoms with E-state index < -0.39 is 14.6 Å². The van der Waals surface area contributed by atoms with Crippen molar-refractivity contribution in [3.8, 4) is 0 Å². The van der Waals surface area contributed by atoms with Crippen molar-refractivity contribution in [1.82, 2.24) is 20.0 Å². The highest BCUT2D eigenvalue weighted by atomic mass is 127. The van der Waals surface area contributed by atoms with Gasteiger partial charge in [0.15, 0.2) is 15.8 Å². The van der Waals surface area contributed by atoms with Gasteiger partial charge in [-0.3, -0.25) is 4.99 Å². The maximum Gasteiger partial charge on any atom is 0.194 e. The van der Waals surface area contributed by atoms with Gasteiger partial charge in [0.25, 0.3) is 0 Å². The Morgan fingerprint density at radius 1 is 1.15 bits per heavy atom. The molecule has 0 saturated carbocycles. The summed E-state index contributed by atoms with van der Waals surface area (Å²) in [6.45, 7) is 13.7. The minimum absolute atomic E-state index is 0. The molecule has 154 valence electrons. The highest BCUT2D eigenvalue weighted by molar-refractivity contribution is 14.0. The fourth-order valence-corrected chi connectivity index (χ4v) is 4.74. The minimum atomic E-state index is -3.03. The van der Waals surface area contributed by atoms with Crippen LogP contribution in [0.25, 0.3) is 0 Å². The lowest BCUT2D eigenvalue weighted by molar-refractivity contribution is 0.282. The Balaban J connectivity index is 0.00000338. The lowest BCUT2D eigenvalue weighted by Gasteiger charge is -2.39. The van der Waals surface area contributed by atoms with Crippen molar-refractivity contribution in [2.24, 2.45) is 4.99 Å². The summed E-state index contributed by atoms with van der Waals surface area (Å²) >= 11 is 0. The van der Waals surface area contributed by atoms with Crippen LogP contribution in [0.2, 0.25) is 0 Å². The number of aliphatic imine (C=N–C) groups is 1. The SMILES string of the molecule is CCNC(=NCCN1CCCN(C)CC1)N1CCS(=O)(=O)C(C)(C)C1.I. The maximum atomic E-state index is 12.2. The Morgan fingerprint density at radius 3 is 2.54 bits per heavy atom. The monoisotopic (exact) mass is 501 g/mol. The largest absolute Gasteiger partial charge is 0.357 e. The number of likely N-dealkylation sites (N-methyl/N-ethyl adjacent to an activating group) is 1. The molecule has 9 heteroatoms. The third-order valence-corrected chi connectivity index (χ3v) is 7.70. The van der Waals surface area contributed by atoms with E-state index in [9.17, 15) is 8.42 Å². The van der Waals surface area contributed by atoms with Crippen molar-refractivity contribution < 1.29 is 8.42 Å². The maximum absolute atomic E-state index is 12.2. The molecule has 0 aromatic rings. The molecule has 0 amide bonds. The van der Waals surface area contributed by atoms with Gasteiger partial charge in [-0.25, -0.2) is 8.42 Å². The minimum Gasteiger partial charge on any atom is -0.357 e. The van der Waals surface area contributed by atoms with Crippen LogP contribution in [0.3, 0.4) is 0 Å². The van der Waals surface area contributed by atoms with Crippen LogP contribution in [0.15, 0.2) is 4.99 Å². The third kappa shape index (κ3) is 6.49. The van der Waals surface area contributed by atoms with E-state index >= 15 is 0 Å². The highest BCUT2D eigenvalue weighted by Gasteiger charge is 2.40. The van der Waals surface area contributed by atoms with Gasteiger partial charge in [0.2, 0.25) is 0 Å². The van der Waals surface area contributed by atoms with E-state index in [4.69, 9.17) is 4.99 Å². The third-order valence-electron chi connectivity index (χ3n) is 5.17. The second-order valence-corrected chi connectivity index (χ2v) is 10.5. The van der Waals surface area contributed by atoms with Gasteiger partial charge in [-0.15, -0.1) is 24.0 Å². The van der Waals surface area contributed by atoms with Crippen molar-refractivity contribution >= 4 is 39.8 Å². The van der Waals surface area contributed by atoms with Crippen molar-refractivity contribution in [1.29, 1.82) is 0 Å². The number of nitrogens with one attached hydrogen (secondary N) is 1. The van der Waals surface area contributed by atoms with E-state index in [0.717, 1.165) is 45.2 Å². The van der Waals surface area contributed by atoms with Gasteiger partial charge in [0.1, 0.15) is 0 Å². The van der Waals surface area contributed by atoms with Crippen LogP contribution in [0.4, 0.5) is 0 Å². The first-order valence-electron chi connectivity index (χ1n) is 9.41. The van der Waals surface area contributed by atoms with Gasteiger partial charge in [-0.05, 0) is 47.3 Å². The zero-order chi connectivity index (χ0) is 18.5. The first kappa shape index (κ1) is 23.9. The van der Waals surface area contributed by atoms with Crippen LogP contribution in [0.1, 0.15) is 27.2 Å². The Bertz CT molecular complexity index is 568. The molecule has 2 saturated heterocycles. The summed E-state index contributed by atoms with van der Waals surface area (Å²) in [5, 5.41) is 3.33. The van der Waals surface area contributed by atoms with Gasteiger partial charge >= 0.3 is 0 Å². The first-order chi connectivity index (χ1) is 11.7. The Morgan fingerprint density at radius 2 is 1.88 bits per heavy atom. The predicted octanol–water partition coefficient (Wildman–Crippen LogP) is 0.716. The topological polar surface area (TPSA) is 68.2 Å². The normalized spacial score (nSPS) is 24.6. The van der Waals surface area contributed by atoms with E-state index in [1.165, 1.54) is 13.0 Å². The molecule has 1 N–H and O–H groups in total. The zero-order valence-corrected chi connectivity index (χ0v) is 19.8. The molecule has 0 unspecified atom stereocenters. The summed E-state index contributed by atoms with van der Waals surface area (Å²) in [7, 11) is -0.849. The molecule has 2 rings (SSSR count). The summed E-state index contributed by atoms with van der Waals surface area (Å²) in [6, 6.07) is 0. The van der Waals surface area contributed by atoms with Gasteiger partial charge in [0.05, 0.1) is 17.0 Å². The van der Waals surface area contributed by atoms with Crippen LogP contribution in [-0.4, -0.2) is 106 Å². The zero-order valence-electron chi connectivity index (χ0n) is 16.7. The molecule has 2 heterocycles. The van der Waals surface area contributed by atoms with E-state index in [0.29, 0.717) is 13.1 Å². The second-order valence-electron chi connectivity index (χ2n) is 7.73. The summed E-state index contributed by atoms with van der Waals surface area (Å²) in [5.41, 5.74) is 0. The van der Waals surface area contributed by atoms with E-state index in [2.05, 4.69) is 27.1 Å². The number of guanidine groups is 1. The molecule has 2 aliphatic rings. The molecular weight excluding hydrogens is 465 g/mol. The number of hydrogen-bond acceptors (Lipinski definition) is 5. The van der Waals surface area contributed by atoms with Crippen LogP contribution in [0, 0.1) is 0 Å². The predicted molar refractivity (Wildman–Crippen MR) is 119 cm³/mol. The Hall–Kier alpha value is -0.130. The molecule has 0 bridgehead atoms. The Kier molecular flexibility index (Phi) is 9.59. The van der Waals surface area contributed by atoms with Crippen molar-refractivity contribution in [2.45, 2.75) is 31.9 Å². The number of halogens is 1. The summed E-state index contributed by atoms with van der Waals surface area (Å²) in [4.78, 5) is 11.7. The molecule has 2 fully saturated rings. The van der Waals surface area contributed by atoms with Gasteiger partial charge in [-0.1, -0.05) is 0 Å². The second kappa shape index (κ2) is 10.4. The molecule has 0 spiro atoms. The molecule has 7 nitrogen and oxygen atoms in total. The molecule has 0 aliphatic carbocycles. The molecule has 0 aromatic heterocycles. The molecule has 2 aliphatic heterocycles. The first-order valence-corrected chi connectivity index (χ1v) is 11.1. The highest BCUT2D eigenvalue weighted by Crippen LogP contribution is 2.23. The van der Waals surface area contributed by atoms with E-state index in [-0.39, 0.29) is 29.7 Å². The van der Waals surface area contributed by atoms with Crippen molar-refractivity contribution in [3.63, 3.8) is 0 Å². The molecule has 0 radical (unpaired) electrons. The lowest BCUT2D eigenvalue weighted by atomic mass is 10.2. The number of sulfone groups is 1. The quantitative estimate of drug-likeness (QED) is 0.348. The molecule has 0 atom stereocenters.